The van der Waals surface area contributed by atoms with E-state index >= 15 is 0 Å². The molecule has 0 aliphatic heterocycles. The van der Waals surface area contributed by atoms with E-state index in [1.165, 1.54) is 6.20 Å². The predicted octanol–water partition coefficient (Wildman–Crippen LogP) is 3.08. The van der Waals surface area contributed by atoms with E-state index in [1.807, 2.05) is 51.1 Å². The van der Waals surface area contributed by atoms with Gasteiger partial charge in [-0.15, -0.1) is 0 Å². The van der Waals surface area contributed by atoms with E-state index in [2.05, 4.69) is 5.10 Å². The molecule has 1 aromatic carbocycles. The summed E-state index contributed by atoms with van der Waals surface area (Å²) in [7, 11) is 0. The molecule has 1 heterocycles. The minimum absolute atomic E-state index is 0.0614. The van der Waals surface area contributed by atoms with Crippen LogP contribution < -0.4 is 0 Å². The lowest BCUT2D eigenvalue weighted by molar-refractivity contribution is -0.386. The highest BCUT2D eigenvalue weighted by Gasteiger charge is 2.29. The molecule has 0 bridgehead atoms. The monoisotopic (exact) mass is 245 g/mol. The lowest BCUT2D eigenvalue weighted by Crippen LogP contribution is -2.14. The predicted molar refractivity (Wildman–Crippen MR) is 68.9 cm³/mol. The second-order valence-electron chi connectivity index (χ2n) is 5.15. The van der Waals surface area contributed by atoms with Gasteiger partial charge >= 0.3 is 5.69 Å². The van der Waals surface area contributed by atoms with Crippen LogP contribution in [0.15, 0.2) is 36.5 Å². The Kier molecular flexibility index (Phi) is 2.90. The molecule has 0 atom stereocenters. The molecule has 0 fully saturated rings. The summed E-state index contributed by atoms with van der Waals surface area (Å²) in [4.78, 5) is 10.7. The molecular formula is C13H15N3O2. The molecule has 0 saturated carbocycles. The molecule has 0 spiro atoms. The van der Waals surface area contributed by atoms with E-state index in [9.17, 15) is 10.1 Å². The Bertz CT molecular complexity index is 568. The Hall–Kier alpha value is -2.17. The summed E-state index contributed by atoms with van der Waals surface area (Å²) in [5.41, 5.74) is 1.02. The van der Waals surface area contributed by atoms with Crippen molar-refractivity contribution in [2.75, 3.05) is 0 Å². The summed E-state index contributed by atoms with van der Waals surface area (Å²) >= 11 is 0. The number of aromatic nitrogens is 2. The van der Waals surface area contributed by atoms with Gasteiger partial charge < -0.3 is 0 Å². The molecule has 0 saturated heterocycles. The Morgan fingerprint density at radius 2 is 1.83 bits per heavy atom. The number of hydrogen-bond donors (Lipinski definition) is 0. The van der Waals surface area contributed by atoms with Gasteiger partial charge in [0, 0.05) is 5.41 Å². The first-order valence-electron chi connectivity index (χ1n) is 5.69. The van der Waals surface area contributed by atoms with Crippen LogP contribution in [-0.4, -0.2) is 14.7 Å². The zero-order valence-corrected chi connectivity index (χ0v) is 10.6. The molecule has 0 radical (unpaired) electrons. The Morgan fingerprint density at radius 1 is 1.22 bits per heavy atom. The average molecular weight is 245 g/mol. The number of nitrogens with zero attached hydrogens (tertiary/aromatic N) is 3. The summed E-state index contributed by atoms with van der Waals surface area (Å²) < 4.78 is 1.55. The fraction of sp³-hybridized carbons (Fsp3) is 0.308. The van der Waals surface area contributed by atoms with Gasteiger partial charge in [-0.05, 0) is 12.1 Å². The third kappa shape index (κ3) is 2.25. The summed E-state index contributed by atoms with van der Waals surface area (Å²) in [5, 5.41) is 15.4. The molecule has 0 amide bonds. The molecule has 18 heavy (non-hydrogen) atoms. The third-order valence-electron chi connectivity index (χ3n) is 2.62. The lowest BCUT2D eigenvalue weighted by Gasteiger charge is -2.13. The van der Waals surface area contributed by atoms with Crippen molar-refractivity contribution in [2.45, 2.75) is 26.2 Å². The Labute approximate surface area is 105 Å². The van der Waals surface area contributed by atoms with Crippen molar-refractivity contribution in [1.29, 1.82) is 0 Å². The van der Waals surface area contributed by atoms with Crippen LogP contribution in [0.2, 0.25) is 0 Å². The lowest BCUT2D eigenvalue weighted by atomic mass is 9.91. The van der Waals surface area contributed by atoms with Crippen LogP contribution >= 0.6 is 0 Å². The quantitative estimate of drug-likeness (QED) is 0.603. The van der Waals surface area contributed by atoms with E-state index in [-0.39, 0.29) is 16.0 Å². The molecule has 0 aliphatic rings. The fourth-order valence-electron chi connectivity index (χ4n) is 1.75. The topological polar surface area (TPSA) is 61.0 Å². The van der Waals surface area contributed by atoms with Gasteiger partial charge in [-0.1, -0.05) is 39.0 Å². The number of rotatable bonds is 2. The van der Waals surface area contributed by atoms with Gasteiger partial charge in [0.05, 0.1) is 10.6 Å². The maximum atomic E-state index is 11.1. The van der Waals surface area contributed by atoms with Gasteiger partial charge in [0.25, 0.3) is 0 Å². The number of benzene rings is 1. The van der Waals surface area contributed by atoms with Crippen molar-refractivity contribution in [3.05, 3.63) is 52.3 Å². The zero-order chi connectivity index (χ0) is 13.3. The Balaban J connectivity index is 2.57. The normalized spacial score (nSPS) is 11.5. The molecule has 2 rings (SSSR count). The van der Waals surface area contributed by atoms with Crippen LogP contribution in [0.5, 0.6) is 0 Å². The van der Waals surface area contributed by atoms with Crippen LogP contribution in [0, 0.1) is 10.1 Å². The van der Waals surface area contributed by atoms with Crippen LogP contribution in [0.4, 0.5) is 5.69 Å². The highest BCUT2D eigenvalue weighted by molar-refractivity contribution is 5.42. The number of para-hydroxylation sites is 1. The van der Waals surface area contributed by atoms with Crippen molar-refractivity contribution in [3.8, 4) is 5.69 Å². The largest absolute Gasteiger partial charge is 0.311 e. The minimum Gasteiger partial charge on any atom is -0.258 e. The van der Waals surface area contributed by atoms with Gasteiger partial charge in [-0.25, -0.2) is 4.68 Å². The van der Waals surface area contributed by atoms with Crippen LogP contribution in [0.25, 0.3) is 5.69 Å². The fourth-order valence-corrected chi connectivity index (χ4v) is 1.75. The van der Waals surface area contributed by atoms with E-state index in [4.69, 9.17) is 0 Å². The molecular weight excluding hydrogens is 230 g/mol. The molecule has 0 aliphatic carbocycles. The highest BCUT2D eigenvalue weighted by atomic mass is 16.6. The Morgan fingerprint density at radius 3 is 2.28 bits per heavy atom. The second kappa shape index (κ2) is 4.25. The standard InChI is InChI=1S/C13H15N3O2/c1-13(2,3)12-11(16(17)18)9-15(14-12)10-7-5-4-6-8-10/h4-9H,1-3H3. The molecule has 94 valence electrons. The van der Waals surface area contributed by atoms with Gasteiger partial charge in [0.15, 0.2) is 0 Å². The summed E-state index contributed by atoms with van der Waals surface area (Å²) in [5.74, 6) is 0. The van der Waals surface area contributed by atoms with Crippen molar-refractivity contribution in [3.63, 3.8) is 0 Å². The van der Waals surface area contributed by atoms with E-state index in [0.717, 1.165) is 5.69 Å². The minimum atomic E-state index is -0.382. The van der Waals surface area contributed by atoms with Crippen LogP contribution in [-0.2, 0) is 5.41 Å². The average Bonchev–Trinajstić information content (AvgIpc) is 2.74. The summed E-state index contributed by atoms with van der Waals surface area (Å²) in [6.45, 7) is 5.74. The van der Waals surface area contributed by atoms with Gasteiger partial charge in [0.1, 0.15) is 11.9 Å². The molecule has 5 nitrogen and oxygen atoms in total. The van der Waals surface area contributed by atoms with E-state index in [0.29, 0.717) is 5.69 Å². The first-order chi connectivity index (χ1) is 8.39. The van der Waals surface area contributed by atoms with Crippen molar-refractivity contribution >= 4 is 5.69 Å². The van der Waals surface area contributed by atoms with E-state index in [1.54, 1.807) is 4.68 Å². The molecule has 5 heteroatoms. The molecule has 0 unspecified atom stereocenters. The number of nitro groups is 1. The van der Waals surface area contributed by atoms with Crippen molar-refractivity contribution < 1.29 is 4.92 Å². The highest BCUT2D eigenvalue weighted by Crippen LogP contribution is 2.30. The summed E-state index contributed by atoms with van der Waals surface area (Å²) in [6, 6.07) is 9.37. The third-order valence-corrected chi connectivity index (χ3v) is 2.62. The van der Waals surface area contributed by atoms with Gasteiger partial charge in [0.2, 0.25) is 0 Å². The van der Waals surface area contributed by atoms with Crippen molar-refractivity contribution in [1.82, 2.24) is 9.78 Å². The first-order valence-corrected chi connectivity index (χ1v) is 5.69. The maximum absolute atomic E-state index is 11.1. The van der Waals surface area contributed by atoms with Gasteiger partial charge in [-0.3, -0.25) is 10.1 Å². The summed E-state index contributed by atoms with van der Waals surface area (Å²) in [6.07, 6.45) is 1.47. The smallest absolute Gasteiger partial charge is 0.258 e. The number of hydrogen-bond acceptors (Lipinski definition) is 3. The van der Waals surface area contributed by atoms with E-state index < -0.39 is 0 Å². The SMILES string of the molecule is CC(C)(C)c1nn(-c2ccccc2)cc1[N+](=O)[O-]. The van der Waals surface area contributed by atoms with Gasteiger partial charge in [-0.2, -0.15) is 5.10 Å². The van der Waals surface area contributed by atoms with Crippen molar-refractivity contribution in [2.24, 2.45) is 0 Å². The maximum Gasteiger partial charge on any atom is 0.311 e. The molecule has 1 aromatic heterocycles. The second-order valence-corrected chi connectivity index (χ2v) is 5.15. The molecule has 2 aromatic rings. The van der Waals surface area contributed by atoms with Crippen LogP contribution in [0.3, 0.4) is 0 Å². The molecule has 0 N–H and O–H groups in total. The zero-order valence-electron chi connectivity index (χ0n) is 10.6. The first kappa shape index (κ1) is 12.3. The van der Waals surface area contributed by atoms with Crippen LogP contribution in [0.1, 0.15) is 26.5 Å².